The molecule has 3 nitrogen and oxygen atoms in total. The molecule has 1 amide bonds. The number of amides is 1. The minimum atomic E-state index is -4.13. The van der Waals surface area contributed by atoms with E-state index < -0.39 is 12.6 Å². The quantitative estimate of drug-likeness (QED) is 0.766. The molecule has 2 fully saturated rings. The number of fused-ring (bicyclic) bond motifs is 2. The summed E-state index contributed by atoms with van der Waals surface area (Å²) in [4.78, 5) is 11.7. The highest BCUT2D eigenvalue weighted by atomic mass is 35.5. The standard InChI is InChI=1S/C13H21F3N2O.ClH/c14-13(15,16)4-1-5-17-12(19)8-9-6-10-2-3-11(7-9)18-10;/h9-11,18H,1-8H2,(H,17,19);1H. The molecule has 2 unspecified atom stereocenters. The molecule has 0 aromatic rings. The maximum absolute atomic E-state index is 11.9. The van der Waals surface area contributed by atoms with E-state index in [9.17, 15) is 18.0 Å². The number of hydrogen-bond donors (Lipinski definition) is 2. The Labute approximate surface area is 123 Å². The average molecular weight is 315 g/mol. The van der Waals surface area contributed by atoms with Crippen molar-refractivity contribution in [3.63, 3.8) is 0 Å². The highest BCUT2D eigenvalue weighted by Gasteiger charge is 2.34. The first-order valence-electron chi connectivity index (χ1n) is 7.02. The van der Waals surface area contributed by atoms with E-state index in [1.165, 1.54) is 12.8 Å². The van der Waals surface area contributed by atoms with Crippen molar-refractivity contribution in [1.82, 2.24) is 10.6 Å². The third kappa shape index (κ3) is 5.87. The maximum atomic E-state index is 11.9. The number of carbonyl (C=O) groups is 1. The van der Waals surface area contributed by atoms with Crippen LogP contribution >= 0.6 is 12.4 Å². The normalized spacial score (nSPS) is 28.9. The van der Waals surface area contributed by atoms with Gasteiger partial charge in [0.25, 0.3) is 0 Å². The summed E-state index contributed by atoms with van der Waals surface area (Å²) in [6.45, 7) is 0.121. The molecule has 7 heteroatoms. The fourth-order valence-electron chi connectivity index (χ4n) is 3.19. The molecule has 0 aromatic heterocycles. The van der Waals surface area contributed by atoms with Gasteiger partial charge in [0.15, 0.2) is 0 Å². The molecule has 2 aliphatic rings. The minimum Gasteiger partial charge on any atom is -0.356 e. The van der Waals surface area contributed by atoms with Crippen LogP contribution < -0.4 is 10.6 Å². The van der Waals surface area contributed by atoms with Crippen molar-refractivity contribution in [2.45, 2.75) is 63.2 Å². The van der Waals surface area contributed by atoms with Gasteiger partial charge < -0.3 is 10.6 Å². The number of hydrogen-bond acceptors (Lipinski definition) is 2. The summed E-state index contributed by atoms with van der Waals surface area (Å²) in [7, 11) is 0. The SMILES string of the molecule is Cl.O=C(CC1CC2CCC(C1)N2)NCCCC(F)(F)F. The second-order valence-corrected chi connectivity index (χ2v) is 5.75. The zero-order valence-electron chi connectivity index (χ0n) is 11.3. The number of alkyl halides is 3. The van der Waals surface area contributed by atoms with Crippen LogP contribution in [0.25, 0.3) is 0 Å². The van der Waals surface area contributed by atoms with E-state index in [-0.39, 0.29) is 31.3 Å². The molecule has 2 aliphatic heterocycles. The Hall–Kier alpha value is -0.490. The van der Waals surface area contributed by atoms with Gasteiger partial charge in [-0.15, -0.1) is 12.4 Å². The van der Waals surface area contributed by atoms with Crippen LogP contribution in [-0.2, 0) is 4.79 Å². The highest BCUT2D eigenvalue weighted by Crippen LogP contribution is 2.32. The lowest BCUT2D eigenvalue weighted by Crippen LogP contribution is -2.39. The molecule has 0 aliphatic carbocycles. The van der Waals surface area contributed by atoms with E-state index in [0.717, 1.165) is 12.8 Å². The summed E-state index contributed by atoms with van der Waals surface area (Å²) in [6, 6.07) is 1.09. The summed E-state index contributed by atoms with van der Waals surface area (Å²) in [5.41, 5.74) is 0. The monoisotopic (exact) mass is 314 g/mol. The van der Waals surface area contributed by atoms with Crippen LogP contribution in [-0.4, -0.2) is 30.7 Å². The van der Waals surface area contributed by atoms with Crippen LogP contribution in [0.5, 0.6) is 0 Å². The van der Waals surface area contributed by atoms with Crippen molar-refractivity contribution in [2.75, 3.05) is 6.54 Å². The zero-order valence-corrected chi connectivity index (χ0v) is 12.2. The Balaban J connectivity index is 0.00000200. The molecular formula is C13H22ClF3N2O. The predicted molar refractivity (Wildman–Crippen MR) is 72.8 cm³/mol. The number of piperidine rings is 1. The van der Waals surface area contributed by atoms with Gasteiger partial charge in [0, 0.05) is 31.5 Å². The second kappa shape index (κ2) is 7.50. The Bertz CT molecular complexity index is 313. The molecule has 0 saturated carbocycles. The predicted octanol–water partition coefficient (Wildman–Crippen LogP) is 2.79. The van der Waals surface area contributed by atoms with E-state index in [1.54, 1.807) is 0 Å². The van der Waals surface area contributed by atoms with Crippen molar-refractivity contribution in [3.8, 4) is 0 Å². The molecule has 0 spiro atoms. The molecule has 2 atom stereocenters. The van der Waals surface area contributed by atoms with Crippen LogP contribution in [0.3, 0.4) is 0 Å². The van der Waals surface area contributed by atoms with Gasteiger partial charge >= 0.3 is 6.18 Å². The van der Waals surface area contributed by atoms with Crippen molar-refractivity contribution in [2.24, 2.45) is 5.92 Å². The summed E-state index contributed by atoms with van der Waals surface area (Å²) in [5, 5.41) is 6.10. The lowest BCUT2D eigenvalue weighted by atomic mass is 9.89. The van der Waals surface area contributed by atoms with Crippen molar-refractivity contribution in [1.29, 1.82) is 0 Å². The number of rotatable bonds is 5. The van der Waals surface area contributed by atoms with Crippen molar-refractivity contribution >= 4 is 18.3 Å². The fraction of sp³-hybridized carbons (Fsp3) is 0.923. The van der Waals surface area contributed by atoms with Gasteiger partial charge in [-0.2, -0.15) is 13.2 Å². The molecule has 2 N–H and O–H groups in total. The van der Waals surface area contributed by atoms with Crippen LogP contribution in [0.15, 0.2) is 0 Å². The Morgan fingerprint density at radius 3 is 2.35 bits per heavy atom. The fourth-order valence-corrected chi connectivity index (χ4v) is 3.19. The molecule has 118 valence electrons. The van der Waals surface area contributed by atoms with Gasteiger partial charge in [-0.25, -0.2) is 0 Å². The molecule has 0 radical (unpaired) electrons. The van der Waals surface area contributed by atoms with Crippen LogP contribution in [0.1, 0.15) is 44.9 Å². The van der Waals surface area contributed by atoms with Gasteiger partial charge in [-0.3, -0.25) is 4.79 Å². The summed E-state index contributed by atoms with van der Waals surface area (Å²) in [6.07, 6.45) is -0.112. The van der Waals surface area contributed by atoms with Crippen molar-refractivity contribution in [3.05, 3.63) is 0 Å². The molecule has 0 aromatic carbocycles. The first-order chi connectivity index (χ1) is 8.92. The van der Waals surface area contributed by atoms with Crippen LogP contribution in [0.4, 0.5) is 13.2 Å². The first-order valence-corrected chi connectivity index (χ1v) is 7.02. The number of halogens is 4. The zero-order chi connectivity index (χ0) is 13.9. The molecular weight excluding hydrogens is 293 g/mol. The smallest absolute Gasteiger partial charge is 0.356 e. The third-order valence-corrected chi connectivity index (χ3v) is 4.00. The van der Waals surface area contributed by atoms with E-state index in [1.807, 2.05) is 0 Å². The van der Waals surface area contributed by atoms with Crippen LogP contribution in [0.2, 0.25) is 0 Å². The Kier molecular flexibility index (Phi) is 6.58. The lowest BCUT2D eigenvalue weighted by molar-refractivity contribution is -0.136. The topological polar surface area (TPSA) is 41.1 Å². The minimum absolute atomic E-state index is 0. The molecule has 2 saturated heterocycles. The highest BCUT2D eigenvalue weighted by molar-refractivity contribution is 5.85. The molecule has 2 heterocycles. The molecule has 2 bridgehead atoms. The van der Waals surface area contributed by atoms with Gasteiger partial charge in [0.05, 0.1) is 0 Å². The van der Waals surface area contributed by atoms with E-state index in [0.29, 0.717) is 24.4 Å². The Morgan fingerprint density at radius 1 is 1.20 bits per heavy atom. The Morgan fingerprint density at radius 2 is 1.80 bits per heavy atom. The van der Waals surface area contributed by atoms with E-state index in [4.69, 9.17) is 0 Å². The van der Waals surface area contributed by atoms with Gasteiger partial charge in [-0.05, 0) is 38.0 Å². The summed E-state index contributed by atoms with van der Waals surface area (Å²) in [5.74, 6) is 0.287. The van der Waals surface area contributed by atoms with Gasteiger partial charge in [-0.1, -0.05) is 0 Å². The second-order valence-electron chi connectivity index (χ2n) is 5.75. The van der Waals surface area contributed by atoms with Gasteiger partial charge in [0.2, 0.25) is 5.91 Å². The van der Waals surface area contributed by atoms with E-state index in [2.05, 4.69) is 10.6 Å². The average Bonchev–Trinajstić information content (AvgIpc) is 2.63. The van der Waals surface area contributed by atoms with E-state index >= 15 is 0 Å². The van der Waals surface area contributed by atoms with Gasteiger partial charge in [0.1, 0.15) is 0 Å². The molecule has 2 rings (SSSR count). The number of carbonyl (C=O) groups excluding carboxylic acids is 1. The van der Waals surface area contributed by atoms with Crippen LogP contribution in [0, 0.1) is 5.92 Å². The number of nitrogens with one attached hydrogen (secondary N) is 2. The largest absolute Gasteiger partial charge is 0.389 e. The first kappa shape index (κ1) is 17.6. The molecule has 20 heavy (non-hydrogen) atoms. The third-order valence-electron chi connectivity index (χ3n) is 4.00. The summed E-state index contributed by atoms with van der Waals surface area (Å²) >= 11 is 0. The maximum Gasteiger partial charge on any atom is 0.389 e. The summed E-state index contributed by atoms with van der Waals surface area (Å²) < 4.78 is 35.8. The lowest BCUT2D eigenvalue weighted by Gasteiger charge is -2.28. The van der Waals surface area contributed by atoms with Crippen molar-refractivity contribution < 1.29 is 18.0 Å².